The van der Waals surface area contributed by atoms with Crippen molar-refractivity contribution in [3.05, 3.63) is 17.5 Å². The van der Waals surface area contributed by atoms with Gasteiger partial charge in [-0.25, -0.2) is 0 Å². The summed E-state index contributed by atoms with van der Waals surface area (Å²) in [7, 11) is 1.96. The van der Waals surface area contributed by atoms with E-state index in [4.69, 9.17) is 5.11 Å². The van der Waals surface area contributed by atoms with Crippen molar-refractivity contribution in [1.29, 1.82) is 0 Å². The van der Waals surface area contributed by atoms with Gasteiger partial charge in [-0.2, -0.15) is 5.10 Å². The van der Waals surface area contributed by atoms with E-state index in [0.717, 1.165) is 18.7 Å². The Kier molecular flexibility index (Phi) is 4.01. The Hall–Kier alpha value is -1.36. The van der Waals surface area contributed by atoms with Crippen LogP contribution in [0.25, 0.3) is 0 Å². The molecule has 1 aromatic rings. The minimum Gasteiger partial charge on any atom is -0.481 e. The molecule has 5 heteroatoms. The molecular weight excluding hydrogens is 230 g/mol. The molecule has 1 fully saturated rings. The molecule has 0 atom stereocenters. The maximum Gasteiger partial charge on any atom is 0.304 e. The average molecular weight is 251 g/mol. The van der Waals surface area contributed by atoms with Gasteiger partial charge < -0.3 is 5.11 Å². The lowest BCUT2D eigenvalue weighted by Crippen LogP contribution is -2.29. The smallest absolute Gasteiger partial charge is 0.304 e. The first-order chi connectivity index (χ1) is 8.60. The summed E-state index contributed by atoms with van der Waals surface area (Å²) >= 11 is 0. The molecule has 0 unspecified atom stereocenters. The molecule has 1 aliphatic rings. The van der Waals surface area contributed by atoms with Gasteiger partial charge in [0, 0.05) is 26.2 Å². The van der Waals surface area contributed by atoms with E-state index < -0.39 is 5.97 Å². The SMILES string of the molecule is CCc1cc(CN(CCC(=O)O)C2CC2)n(C)n1. The summed E-state index contributed by atoms with van der Waals surface area (Å²) in [5.74, 6) is -0.722. The summed E-state index contributed by atoms with van der Waals surface area (Å²) in [6.45, 7) is 3.53. The lowest BCUT2D eigenvalue weighted by molar-refractivity contribution is -0.137. The molecule has 1 N–H and O–H groups in total. The highest BCUT2D eigenvalue weighted by Crippen LogP contribution is 2.28. The van der Waals surface area contributed by atoms with Gasteiger partial charge in [-0.1, -0.05) is 6.92 Å². The third kappa shape index (κ3) is 3.32. The summed E-state index contributed by atoms with van der Waals surface area (Å²) in [4.78, 5) is 12.9. The molecule has 0 aliphatic heterocycles. The topological polar surface area (TPSA) is 58.4 Å². The van der Waals surface area contributed by atoms with Crippen molar-refractivity contribution in [1.82, 2.24) is 14.7 Å². The molecule has 5 nitrogen and oxygen atoms in total. The molecule has 1 saturated carbocycles. The van der Waals surface area contributed by atoms with Gasteiger partial charge in [0.1, 0.15) is 0 Å². The van der Waals surface area contributed by atoms with Gasteiger partial charge in [0.15, 0.2) is 0 Å². The molecule has 0 saturated heterocycles. The first-order valence-electron chi connectivity index (χ1n) is 6.57. The van der Waals surface area contributed by atoms with Crippen molar-refractivity contribution >= 4 is 5.97 Å². The number of carboxylic acids is 1. The Morgan fingerprint density at radius 2 is 2.33 bits per heavy atom. The number of carboxylic acid groups (broad SMARTS) is 1. The fourth-order valence-electron chi connectivity index (χ4n) is 2.17. The molecule has 2 rings (SSSR count). The van der Waals surface area contributed by atoms with Crippen LogP contribution < -0.4 is 0 Å². The summed E-state index contributed by atoms with van der Waals surface area (Å²) in [6, 6.07) is 2.69. The van der Waals surface area contributed by atoms with E-state index in [1.165, 1.54) is 18.5 Å². The van der Waals surface area contributed by atoms with Crippen LogP contribution in [0.2, 0.25) is 0 Å². The van der Waals surface area contributed by atoms with Gasteiger partial charge >= 0.3 is 5.97 Å². The Bertz CT molecular complexity index is 424. The molecule has 0 spiro atoms. The molecule has 1 aliphatic carbocycles. The van der Waals surface area contributed by atoms with Gasteiger partial charge in [-0.15, -0.1) is 0 Å². The largest absolute Gasteiger partial charge is 0.481 e. The zero-order valence-corrected chi connectivity index (χ0v) is 11.1. The highest BCUT2D eigenvalue weighted by Gasteiger charge is 2.29. The molecule has 1 aromatic heterocycles. The quantitative estimate of drug-likeness (QED) is 0.796. The zero-order valence-electron chi connectivity index (χ0n) is 11.1. The normalized spacial score (nSPS) is 15.3. The van der Waals surface area contributed by atoms with Crippen LogP contribution >= 0.6 is 0 Å². The van der Waals surface area contributed by atoms with E-state index >= 15 is 0 Å². The van der Waals surface area contributed by atoms with Crippen LogP contribution in [0.4, 0.5) is 0 Å². The predicted molar refractivity (Wildman–Crippen MR) is 68.3 cm³/mol. The van der Waals surface area contributed by atoms with Gasteiger partial charge in [-0.05, 0) is 25.3 Å². The highest BCUT2D eigenvalue weighted by molar-refractivity contribution is 5.66. The molecule has 0 amide bonds. The van der Waals surface area contributed by atoms with Gasteiger partial charge in [0.2, 0.25) is 0 Å². The van der Waals surface area contributed by atoms with E-state index in [2.05, 4.69) is 23.0 Å². The number of rotatable bonds is 7. The summed E-state index contributed by atoms with van der Waals surface area (Å²) < 4.78 is 1.91. The van der Waals surface area contributed by atoms with Crippen molar-refractivity contribution in [2.75, 3.05) is 6.54 Å². The zero-order chi connectivity index (χ0) is 13.1. The van der Waals surface area contributed by atoms with E-state index in [1.807, 2.05) is 11.7 Å². The van der Waals surface area contributed by atoms with E-state index in [0.29, 0.717) is 12.6 Å². The number of aromatic nitrogens is 2. The second-order valence-electron chi connectivity index (χ2n) is 4.95. The van der Waals surface area contributed by atoms with Crippen molar-refractivity contribution in [2.24, 2.45) is 7.05 Å². The van der Waals surface area contributed by atoms with E-state index in [1.54, 1.807) is 0 Å². The molecule has 18 heavy (non-hydrogen) atoms. The van der Waals surface area contributed by atoms with Crippen molar-refractivity contribution in [2.45, 2.75) is 45.2 Å². The predicted octanol–water partition coefficient (Wildman–Crippen LogP) is 1.42. The summed E-state index contributed by atoms with van der Waals surface area (Å²) in [5, 5.41) is 13.2. The van der Waals surface area contributed by atoms with Crippen molar-refractivity contribution < 1.29 is 9.90 Å². The maximum atomic E-state index is 10.7. The van der Waals surface area contributed by atoms with Gasteiger partial charge in [0.05, 0.1) is 17.8 Å². The standard InChI is InChI=1S/C13H21N3O2/c1-3-10-8-12(15(2)14-10)9-16(11-4-5-11)7-6-13(17)18/h8,11H,3-7,9H2,1-2H3,(H,17,18). The first-order valence-corrected chi connectivity index (χ1v) is 6.57. The van der Waals surface area contributed by atoms with E-state index in [9.17, 15) is 4.79 Å². The van der Waals surface area contributed by atoms with Crippen LogP contribution in [-0.4, -0.2) is 38.3 Å². The van der Waals surface area contributed by atoms with Crippen LogP contribution in [0, 0.1) is 0 Å². The lowest BCUT2D eigenvalue weighted by Gasteiger charge is -2.20. The molecule has 0 aromatic carbocycles. The Morgan fingerprint density at radius 3 is 2.83 bits per heavy atom. The van der Waals surface area contributed by atoms with Crippen molar-refractivity contribution in [3.63, 3.8) is 0 Å². The van der Waals surface area contributed by atoms with Crippen LogP contribution in [0.3, 0.4) is 0 Å². The van der Waals surface area contributed by atoms with E-state index in [-0.39, 0.29) is 6.42 Å². The van der Waals surface area contributed by atoms with Crippen LogP contribution in [0.5, 0.6) is 0 Å². The van der Waals surface area contributed by atoms with Gasteiger partial charge in [-0.3, -0.25) is 14.4 Å². The second kappa shape index (κ2) is 5.52. The Labute approximate surface area is 107 Å². The van der Waals surface area contributed by atoms with Crippen molar-refractivity contribution in [3.8, 4) is 0 Å². The monoisotopic (exact) mass is 251 g/mol. The highest BCUT2D eigenvalue weighted by atomic mass is 16.4. The fraction of sp³-hybridized carbons (Fsp3) is 0.692. The molecule has 1 heterocycles. The molecule has 0 bridgehead atoms. The van der Waals surface area contributed by atoms with Crippen LogP contribution in [-0.2, 0) is 24.8 Å². The first kappa shape index (κ1) is 13.1. The second-order valence-corrected chi connectivity index (χ2v) is 4.95. The number of nitrogens with zero attached hydrogens (tertiary/aromatic N) is 3. The Morgan fingerprint density at radius 1 is 1.61 bits per heavy atom. The van der Waals surface area contributed by atoms with Gasteiger partial charge in [0.25, 0.3) is 0 Å². The molecule has 0 radical (unpaired) electrons. The average Bonchev–Trinajstić information content (AvgIpc) is 3.10. The summed E-state index contributed by atoms with van der Waals surface area (Å²) in [5.41, 5.74) is 2.27. The number of carbonyl (C=O) groups is 1. The number of aryl methyl sites for hydroxylation is 2. The third-order valence-electron chi connectivity index (χ3n) is 3.43. The van der Waals surface area contributed by atoms with Crippen LogP contribution in [0.1, 0.15) is 37.6 Å². The Balaban J connectivity index is 1.98. The minimum atomic E-state index is -0.722. The van der Waals surface area contributed by atoms with Crippen LogP contribution in [0.15, 0.2) is 6.07 Å². The number of aliphatic carboxylic acids is 1. The minimum absolute atomic E-state index is 0.217. The maximum absolute atomic E-state index is 10.7. The summed E-state index contributed by atoms with van der Waals surface area (Å²) in [6.07, 6.45) is 3.54. The third-order valence-corrected chi connectivity index (χ3v) is 3.43. The number of hydrogen-bond acceptors (Lipinski definition) is 3. The lowest BCUT2D eigenvalue weighted by atomic mass is 10.2. The number of hydrogen-bond donors (Lipinski definition) is 1. The fourth-order valence-corrected chi connectivity index (χ4v) is 2.17. The molecular formula is C13H21N3O2. The molecule has 100 valence electrons.